The lowest BCUT2D eigenvalue weighted by atomic mass is 10.1. The maximum absolute atomic E-state index is 13.7. The number of nitrogens with zero attached hydrogens (tertiary/aromatic N) is 3. The largest absolute Gasteiger partial charge is 0.417 e. The highest BCUT2D eigenvalue weighted by molar-refractivity contribution is 7.19. The summed E-state index contributed by atoms with van der Waals surface area (Å²) in [4.78, 5) is 7.29. The third-order valence-corrected chi connectivity index (χ3v) is 6.96. The Morgan fingerprint density at radius 3 is 2.33 bits per heavy atom. The molecule has 0 atom stereocenters. The van der Waals surface area contributed by atoms with Crippen molar-refractivity contribution in [2.75, 3.05) is 13.1 Å². The Balaban J connectivity index is 1.39. The van der Waals surface area contributed by atoms with Gasteiger partial charge in [-0.3, -0.25) is 4.90 Å². The standard InChI is InChI=1S/C25H22F3N3OS/c26-25(27,28)20-15-21(33-22(20)18-7-3-1-4-8-18)23-29-24(32-30-23)19-11-9-17(10-12-19)16-31-13-5-2-6-14-31/h1,3-4,7-12,15H,2,5-6,13-14,16H2. The third kappa shape index (κ3) is 4.86. The fraction of sp³-hybridized carbons (Fsp3) is 0.280. The summed E-state index contributed by atoms with van der Waals surface area (Å²) in [5.74, 6) is 0.442. The fourth-order valence-corrected chi connectivity index (χ4v) is 5.19. The van der Waals surface area contributed by atoms with Crippen LogP contribution in [0.2, 0.25) is 0 Å². The zero-order valence-electron chi connectivity index (χ0n) is 17.8. The molecule has 1 aliphatic rings. The van der Waals surface area contributed by atoms with E-state index in [4.69, 9.17) is 4.52 Å². The Morgan fingerprint density at radius 1 is 0.909 bits per heavy atom. The summed E-state index contributed by atoms with van der Waals surface area (Å²) in [6, 6.07) is 17.5. The number of alkyl halides is 3. The number of likely N-dealkylation sites (tertiary alicyclic amines) is 1. The Hall–Kier alpha value is -2.97. The van der Waals surface area contributed by atoms with Crippen LogP contribution in [0.15, 0.2) is 65.2 Å². The molecule has 33 heavy (non-hydrogen) atoms. The maximum Gasteiger partial charge on any atom is 0.417 e. The molecule has 0 saturated carbocycles. The van der Waals surface area contributed by atoms with Crippen LogP contribution in [0.3, 0.4) is 0 Å². The Kier molecular flexibility index (Phi) is 6.03. The lowest BCUT2D eigenvalue weighted by molar-refractivity contribution is -0.136. The van der Waals surface area contributed by atoms with Gasteiger partial charge >= 0.3 is 6.18 Å². The van der Waals surface area contributed by atoms with Crippen LogP contribution in [-0.4, -0.2) is 28.1 Å². The lowest BCUT2D eigenvalue weighted by Crippen LogP contribution is -2.28. The molecule has 8 heteroatoms. The van der Waals surface area contributed by atoms with E-state index in [0.717, 1.165) is 42.6 Å². The molecular weight excluding hydrogens is 447 g/mol. The van der Waals surface area contributed by atoms with Crippen LogP contribution in [0.5, 0.6) is 0 Å². The number of thiophene rings is 1. The van der Waals surface area contributed by atoms with Crippen LogP contribution in [0.1, 0.15) is 30.4 Å². The topological polar surface area (TPSA) is 42.2 Å². The first-order valence-electron chi connectivity index (χ1n) is 10.9. The molecule has 3 heterocycles. The number of halogens is 3. The summed E-state index contributed by atoms with van der Waals surface area (Å²) >= 11 is 1.01. The number of hydrogen-bond acceptors (Lipinski definition) is 5. The zero-order chi connectivity index (χ0) is 22.8. The van der Waals surface area contributed by atoms with E-state index in [1.165, 1.54) is 24.8 Å². The average molecular weight is 470 g/mol. The molecule has 0 N–H and O–H groups in total. The van der Waals surface area contributed by atoms with Crippen molar-refractivity contribution < 1.29 is 17.7 Å². The molecule has 1 fully saturated rings. The van der Waals surface area contributed by atoms with Gasteiger partial charge in [-0.05, 0) is 55.3 Å². The first kappa shape index (κ1) is 21.9. The molecule has 4 aromatic rings. The quantitative estimate of drug-likeness (QED) is 0.312. The van der Waals surface area contributed by atoms with Gasteiger partial charge in [-0.25, -0.2) is 0 Å². The number of benzene rings is 2. The van der Waals surface area contributed by atoms with Crippen molar-refractivity contribution in [1.29, 1.82) is 0 Å². The molecule has 170 valence electrons. The van der Waals surface area contributed by atoms with Crippen molar-refractivity contribution >= 4 is 11.3 Å². The highest BCUT2D eigenvalue weighted by atomic mass is 32.1. The molecule has 0 unspecified atom stereocenters. The maximum atomic E-state index is 13.7. The highest BCUT2D eigenvalue weighted by Gasteiger charge is 2.36. The van der Waals surface area contributed by atoms with E-state index in [1.807, 2.05) is 24.3 Å². The molecule has 4 nitrogen and oxygen atoms in total. The predicted molar refractivity (Wildman–Crippen MR) is 123 cm³/mol. The van der Waals surface area contributed by atoms with E-state index in [9.17, 15) is 13.2 Å². The van der Waals surface area contributed by atoms with Crippen LogP contribution in [0, 0.1) is 0 Å². The fourth-order valence-electron chi connectivity index (χ4n) is 4.09. The smallest absolute Gasteiger partial charge is 0.334 e. The minimum atomic E-state index is -4.48. The Morgan fingerprint density at radius 2 is 1.64 bits per heavy atom. The van der Waals surface area contributed by atoms with Crippen molar-refractivity contribution in [2.45, 2.75) is 32.0 Å². The van der Waals surface area contributed by atoms with Gasteiger partial charge < -0.3 is 4.52 Å². The second-order valence-corrected chi connectivity index (χ2v) is 9.23. The van der Waals surface area contributed by atoms with Crippen LogP contribution in [-0.2, 0) is 12.7 Å². The van der Waals surface area contributed by atoms with Gasteiger partial charge in [0, 0.05) is 17.0 Å². The molecule has 0 amide bonds. The van der Waals surface area contributed by atoms with Crippen molar-refractivity contribution in [3.8, 4) is 32.6 Å². The number of rotatable bonds is 5. The van der Waals surface area contributed by atoms with E-state index in [-0.39, 0.29) is 16.6 Å². The van der Waals surface area contributed by atoms with Gasteiger partial charge in [0.2, 0.25) is 5.82 Å². The van der Waals surface area contributed by atoms with Gasteiger partial charge in [-0.1, -0.05) is 54.0 Å². The van der Waals surface area contributed by atoms with Crippen LogP contribution >= 0.6 is 11.3 Å². The summed E-state index contributed by atoms with van der Waals surface area (Å²) in [6.07, 6.45) is -0.686. The average Bonchev–Trinajstić information content (AvgIpc) is 3.49. The number of hydrogen-bond donors (Lipinski definition) is 0. The first-order chi connectivity index (χ1) is 16.0. The predicted octanol–water partition coefficient (Wildman–Crippen LogP) is 7.14. The molecule has 0 radical (unpaired) electrons. The molecule has 1 aliphatic heterocycles. The molecule has 0 aliphatic carbocycles. The van der Waals surface area contributed by atoms with E-state index >= 15 is 0 Å². The van der Waals surface area contributed by atoms with Gasteiger partial charge in [-0.15, -0.1) is 11.3 Å². The minimum absolute atomic E-state index is 0.145. The van der Waals surface area contributed by atoms with Crippen molar-refractivity contribution in [1.82, 2.24) is 15.0 Å². The Labute approximate surface area is 193 Å². The molecule has 0 bridgehead atoms. The summed E-state index contributed by atoms with van der Waals surface area (Å²) < 4.78 is 46.4. The molecular formula is C25H22F3N3OS. The molecule has 2 aromatic carbocycles. The third-order valence-electron chi connectivity index (χ3n) is 5.78. The summed E-state index contributed by atoms with van der Waals surface area (Å²) in [7, 11) is 0. The Bertz CT molecular complexity index is 1210. The monoisotopic (exact) mass is 469 g/mol. The summed E-state index contributed by atoms with van der Waals surface area (Å²) in [5, 5.41) is 3.96. The van der Waals surface area contributed by atoms with Gasteiger partial charge in [0.05, 0.1) is 10.4 Å². The lowest BCUT2D eigenvalue weighted by Gasteiger charge is -2.26. The summed E-state index contributed by atoms with van der Waals surface area (Å²) in [6.45, 7) is 3.16. The van der Waals surface area contributed by atoms with Crippen LogP contribution < -0.4 is 0 Å². The van der Waals surface area contributed by atoms with E-state index in [1.54, 1.807) is 30.3 Å². The second kappa shape index (κ2) is 9.11. The summed E-state index contributed by atoms with van der Waals surface area (Å²) in [5.41, 5.74) is 1.77. The highest BCUT2D eigenvalue weighted by Crippen LogP contribution is 2.45. The van der Waals surface area contributed by atoms with E-state index in [2.05, 4.69) is 15.0 Å². The van der Waals surface area contributed by atoms with E-state index in [0.29, 0.717) is 10.4 Å². The van der Waals surface area contributed by atoms with Gasteiger partial charge in [0.1, 0.15) is 0 Å². The van der Waals surface area contributed by atoms with Crippen molar-refractivity contribution in [2.24, 2.45) is 0 Å². The van der Waals surface area contributed by atoms with Crippen molar-refractivity contribution in [3.63, 3.8) is 0 Å². The normalized spacial score (nSPS) is 15.1. The second-order valence-electron chi connectivity index (χ2n) is 8.17. The van der Waals surface area contributed by atoms with Crippen LogP contribution in [0.4, 0.5) is 13.2 Å². The van der Waals surface area contributed by atoms with E-state index < -0.39 is 11.7 Å². The number of piperidine rings is 1. The number of aromatic nitrogens is 2. The van der Waals surface area contributed by atoms with Gasteiger partial charge in [0.15, 0.2) is 0 Å². The SMILES string of the molecule is FC(F)(F)c1cc(-c2noc(-c3ccc(CN4CCCCC4)cc3)n2)sc1-c1ccccc1. The minimum Gasteiger partial charge on any atom is -0.334 e. The van der Waals surface area contributed by atoms with Gasteiger partial charge in [-0.2, -0.15) is 18.2 Å². The first-order valence-corrected chi connectivity index (χ1v) is 11.7. The molecule has 1 saturated heterocycles. The molecule has 2 aromatic heterocycles. The molecule has 0 spiro atoms. The molecule has 5 rings (SSSR count). The van der Waals surface area contributed by atoms with Crippen LogP contribution in [0.25, 0.3) is 32.6 Å². The van der Waals surface area contributed by atoms with Gasteiger partial charge in [0.25, 0.3) is 5.89 Å². The van der Waals surface area contributed by atoms with Crippen molar-refractivity contribution in [3.05, 3.63) is 71.8 Å². The zero-order valence-corrected chi connectivity index (χ0v) is 18.6.